The lowest BCUT2D eigenvalue weighted by molar-refractivity contribution is -0.121. The second kappa shape index (κ2) is 4.39. The summed E-state index contributed by atoms with van der Waals surface area (Å²) < 4.78 is 2.43. The van der Waals surface area contributed by atoms with Crippen molar-refractivity contribution in [2.24, 2.45) is 0 Å². The predicted octanol–water partition coefficient (Wildman–Crippen LogP) is 1.73. The lowest BCUT2D eigenvalue weighted by Gasteiger charge is -2.03. The summed E-state index contributed by atoms with van der Waals surface area (Å²) in [6, 6.07) is 1.88. The highest BCUT2D eigenvalue weighted by molar-refractivity contribution is 8.26. The Balaban J connectivity index is 2.32. The van der Waals surface area contributed by atoms with Gasteiger partial charge in [-0.05, 0) is 19.1 Å². The van der Waals surface area contributed by atoms with Crippen LogP contribution in [0.25, 0.3) is 6.08 Å². The van der Waals surface area contributed by atoms with E-state index in [0.29, 0.717) is 9.23 Å². The highest BCUT2D eigenvalue weighted by Crippen LogP contribution is 2.31. The molecule has 0 spiro atoms. The topological polar surface area (TPSA) is 38.1 Å². The highest BCUT2D eigenvalue weighted by atomic mass is 32.2. The van der Waals surface area contributed by atoms with Gasteiger partial charge in [0.15, 0.2) is 0 Å². The number of aryl methyl sites for hydroxylation is 1. The average molecular weight is 253 g/mol. The van der Waals surface area contributed by atoms with Crippen LogP contribution in [0.3, 0.4) is 0 Å². The van der Waals surface area contributed by atoms with Crippen LogP contribution in [0.15, 0.2) is 17.2 Å². The van der Waals surface area contributed by atoms with Crippen molar-refractivity contribution in [2.75, 3.05) is 7.05 Å². The van der Waals surface area contributed by atoms with Crippen molar-refractivity contribution >= 4 is 40.3 Å². The molecule has 0 saturated carbocycles. The minimum Gasteiger partial charge on any atom is -0.296 e. The molecule has 1 fully saturated rings. The van der Waals surface area contributed by atoms with Crippen LogP contribution in [0.5, 0.6) is 0 Å². The number of amides is 1. The maximum atomic E-state index is 11.8. The van der Waals surface area contributed by atoms with Gasteiger partial charge in [0, 0.05) is 19.8 Å². The molecule has 0 aliphatic carbocycles. The number of carbonyl (C=O) groups excluding carboxylic acids is 1. The first kappa shape index (κ1) is 11.3. The Bertz CT molecular complexity index is 478. The molecular weight excluding hydrogens is 242 g/mol. The van der Waals surface area contributed by atoms with E-state index in [1.54, 1.807) is 13.2 Å². The summed E-state index contributed by atoms with van der Waals surface area (Å²) in [5.74, 6) is -0.0427. The third-order valence-corrected chi connectivity index (χ3v) is 3.80. The Morgan fingerprint density at radius 1 is 1.62 bits per heavy atom. The van der Waals surface area contributed by atoms with Crippen molar-refractivity contribution in [3.8, 4) is 0 Å². The van der Waals surface area contributed by atoms with Gasteiger partial charge in [-0.2, -0.15) is 5.10 Å². The largest absolute Gasteiger partial charge is 0.296 e. The molecule has 0 aromatic carbocycles. The van der Waals surface area contributed by atoms with Gasteiger partial charge in [-0.1, -0.05) is 24.0 Å². The summed E-state index contributed by atoms with van der Waals surface area (Å²) in [7, 11) is 1.69. The maximum Gasteiger partial charge on any atom is 0.265 e. The number of rotatable bonds is 2. The van der Waals surface area contributed by atoms with Crippen LogP contribution in [-0.2, 0) is 11.3 Å². The average Bonchev–Trinajstić information content (AvgIpc) is 2.81. The minimum atomic E-state index is -0.0427. The van der Waals surface area contributed by atoms with E-state index < -0.39 is 0 Å². The highest BCUT2D eigenvalue weighted by Gasteiger charge is 2.28. The van der Waals surface area contributed by atoms with Crippen LogP contribution >= 0.6 is 24.0 Å². The Labute approximate surface area is 103 Å². The van der Waals surface area contributed by atoms with Crippen LogP contribution in [0.4, 0.5) is 0 Å². The molecule has 0 N–H and O–H groups in total. The number of aromatic nitrogens is 2. The van der Waals surface area contributed by atoms with E-state index in [1.807, 2.05) is 23.7 Å². The molecule has 2 heterocycles. The van der Waals surface area contributed by atoms with E-state index in [1.165, 1.54) is 16.7 Å². The third kappa shape index (κ3) is 1.90. The van der Waals surface area contributed by atoms with Crippen LogP contribution in [0.2, 0.25) is 0 Å². The number of thiocarbonyl (C=S) groups is 1. The third-order valence-electron chi connectivity index (χ3n) is 2.31. The molecule has 2 rings (SSSR count). The van der Waals surface area contributed by atoms with Gasteiger partial charge in [-0.25, -0.2) is 0 Å². The summed E-state index contributed by atoms with van der Waals surface area (Å²) in [6.07, 6.45) is 3.56. The number of hydrogen-bond acceptors (Lipinski definition) is 4. The second-order valence-corrected chi connectivity index (χ2v) is 4.99. The summed E-state index contributed by atoms with van der Waals surface area (Å²) in [4.78, 5) is 13.9. The van der Waals surface area contributed by atoms with Gasteiger partial charge in [0.25, 0.3) is 5.91 Å². The molecule has 1 saturated heterocycles. The standard InChI is InChI=1S/C10H11N3OS2/c1-3-13-7(4-5-11-13)6-8-9(14)12(2)10(15)16-8/h4-6H,3H2,1-2H3/b8-6+. The van der Waals surface area contributed by atoms with E-state index >= 15 is 0 Å². The van der Waals surface area contributed by atoms with E-state index in [-0.39, 0.29) is 5.91 Å². The smallest absolute Gasteiger partial charge is 0.265 e. The van der Waals surface area contributed by atoms with Gasteiger partial charge in [-0.3, -0.25) is 14.4 Å². The first-order valence-corrected chi connectivity index (χ1v) is 6.09. The fourth-order valence-electron chi connectivity index (χ4n) is 1.41. The Morgan fingerprint density at radius 3 is 2.94 bits per heavy atom. The number of likely N-dealkylation sites (N-methyl/N-ethyl adjacent to an activating group) is 1. The van der Waals surface area contributed by atoms with E-state index in [2.05, 4.69) is 5.10 Å². The van der Waals surface area contributed by atoms with E-state index in [0.717, 1.165) is 12.2 Å². The first-order valence-electron chi connectivity index (χ1n) is 4.87. The van der Waals surface area contributed by atoms with Crippen molar-refractivity contribution in [1.29, 1.82) is 0 Å². The summed E-state index contributed by atoms with van der Waals surface area (Å²) in [5, 5.41) is 4.14. The quantitative estimate of drug-likeness (QED) is 0.594. The molecule has 1 aromatic rings. The summed E-state index contributed by atoms with van der Waals surface area (Å²) in [5.41, 5.74) is 0.927. The SMILES string of the molecule is CCn1nccc1/C=C1/SC(=S)N(C)C1=O. The molecule has 0 radical (unpaired) electrons. The lowest BCUT2D eigenvalue weighted by Crippen LogP contribution is -2.22. The number of hydrogen-bond donors (Lipinski definition) is 0. The molecule has 0 bridgehead atoms. The van der Waals surface area contributed by atoms with Crippen LogP contribution in [-0.4, -0.2) is 32.0 Å². The minimum absolute atomic E-state index is 0.0427. The summed E-state index contributed by atoms with van der Waals surface area (Å²) >= 11 is 6.38. The molecule has 0 unspecified atom stereocenters. The zero-order chi connectivity index (χ0) is 11.7. The van der Waals surface area contributed by atoms with Gasteiger partial charge in [0.2, 0.25) is 0 Å². The van der Waals surface area contributed by atoms with Crippen LogP contribution < -0.4 is 0 Å². The molecule has 1 aliphatic heterocycles. The molecule has 1 aliphatic rings. The number of nitrogens with zero attached hydrogens (tertiary/aromatic N) is 3. The predicted molar refractivity (Wildman–Crippen MR) is 68.8 cm³/mol. The molecule has 6 heteroatoms. The Hall–Kier alpha value is -1.14. The van der Waals surface area contributed by atoms with Gasteiger partial charge in [0.1, 0.15) is 4.32 Å². The molecule has 84 valence electrons. The zero-order valence-electron chi connectivity index (χ0n) is 9.01. The zero-order valence-corrected chi connectivity index (χ0v) is 10.6. The summed E-state index contributed by atoms with van der Waals surface area (Å²) in [6.45, 7) is 2.79. The monoisotopic (exact) mass is 253 g/mol. The normalized spacial score (nSPS) is 18.9. The molecule has 4 nitrogen and oxygen atoms in total. The second-order valence-electron chi connectivity index (χ2n) is 3.31. The van der Waals surface area contributed by atoms with Gasteiger partial charge in [-0.15, -0.1) is 0 Å². The van der Waals surface area contributed by atoms with Crippen LogP contribution in [0.1, 0.15) is 12.6 Å². The Kier molecular flexibility index (Phi) is 3.11. The van der Waals surface area contributed by atoms with Gasteiger partial charge < -0.3 is 0 Å². The van der Waals surface area contributed by atoms with E-state index in [4.69, 9.17) is 12.2 Å². The maximum absolute atomic E-state index is 11.8. The molecule has 1 amide bonds. The van der Waals surface area contributed by atoms with Crippen molar-refractivity contribution in [1.82, 2.24) is 14.7 Å². The Morgan fingerprint density at radius 2 is 2.38 bits per heavy atom. The van der Waals surface area contributed by atoms with Gasteiger partial charge in [0.05, 0.1) is 10.6 Å². The van der Waals surface area contributed by atoms with Crippen molar-refractivity contribution in [3.63, 3.8) is 0 Å². The fraction of sp³-hybridized carbons (Fsp3) is 0.300. The van der Waals surface area contributed by atoms with Crippen molar-refractivity contribution in [2.45, 2.75) is 13.5 Å². The lowest BCUT2D eigenvalue weighted by atomic mass is 10.3. The first-order chi connectivity index (χ1) is 7.63. The van der Waals surface area contributed by atoms with E-state index in [9.17, 15) is 4.79 Å². The molecule has 16 heavy (non-hydrogen) atoms. The fourth-order valence-corrected chi connectivity index (χ4v) is 2.57. The van der Waals surface area contributed by atoms with Crippen molar-refractivity contribution in [3.05, 3.63) is 22.9 Å². The molecule has 0 atom stereocenters. The number of carbonyl (C=O) groups is 1. The van der Waals surface area contributed by atoms with Crippen molar-refractivity contribution < 1.29 is 4.79 Å². The number of thioether (sulfide) groups is 1. The molecular formula is C10H11N3OS2. The van der Waals surface area contributed by atoms with Gasteiger partial charge >= 0.3 is 0 Å². The molecule has 1 aromatic heterocycles. The van der Waals surface area contributed by atoms with Crippen LogP contribution in [0, 0.1) is 0 Å².